The van der Waals surface area contributed by atoms with Crippen molar-refractivity contribution >= 4 is 11.4 Å². The van der Waals surface area contributed by atoms with E-state index in [-0.39, 0.29) is 0 Å². The third-order valence-electron chi connectivity index (χ3n) is 2.36. The van der Waals surface area contributed by atoms with Crippen LogP contribution < -0.4 is 15.8 Å². The maximum absolute atomic E-state index is 5.80. The van der Waals surface area contributed by atoms with E-state index in [1.807, 2.05) is 31.2 Å². The first-order chi connectivity index (χ1) is 8.77. The van der Waals surface area contributed by atoms with Gasteiger partial charge in [-0.1, -0.05) is 6.08 Å². The van der Waals surface area contributed by atoms with Crippen molar-refractivity contribution < 1.29 is 9.47 Å². The van der Waals surface area contributed by atoms with Crippen molar-refractivity contribution in [3.8, 4) is 5.75 Å². The number of nitrogen functional groups attached to an aromatic ring is 1. The number of nitrogens with two attached hydrogens (primary N) is 1. The number of hydrogen-bond acceptors (Lipinski definition) is 4. The van der Waals surface area contributed by atoms with Crippen LogP contribution in [0.15, 0.2) is 30.9 Å². The van der Waals surface area contributed by atoms with Crippen LogP contribution in [0, 0.1) is 0 Å². The van der Waals surface area contributed by atoms with Crippen LogP contribution in [0.4, 0.5) is 11.4 Å². The Balaban J connectivity index is 2.33. The van der Waals surface area contributed by atoms with Gasteiger partial charge in [-0.3, -0.25) is 0 Å². The Hall–Kier alpha value is -1.68. The normalized spacial score (nSPS) is 10.1. The van der Waals surface area contributed by atoms with E-state index in [4.69, 9.17) is 15.2 Å². The maximum Gasteiger partial charge on any atom is 0.144 e. The van der Waals surface area contributed by atoms with Crippen LogP contribution in [-0.4, -0.2) is 26.4 Å². The fourth-order valence-electron chi connectivity index (χ4n) is 1.46. The molecule has 1 aromatic carbocycles. The molecular formula is C14H22N2O2. The van der Waals surface area contributed by atoms with E-state index in [2.05, 4.69) is 11.9 Å². The monoisotopic (exact) mass is 250 g/mol. The molecule has 0 bridgehead atoms. The van der Waals surface area contributed by atoms with Crippen molar-refractivity contribution in [1.29, 1.82) is 0 Å². The standard InChI is InChI=1S/C14H22N2O2/c1-3-5-9-17-10-8-16-12-6-7-13(15)14(11-12)18-4-2/h3,6-7,11,16H,1,4-5,8-10,15H2,2H3. The van der Waals surface area contributed by atoms with E-state index in [0.29, 0.717) is 18.9 Å². The number of rotatable bonds is 9. The van der Waals surface area contributed by atoms with Gasteiger partial charge in [0.1, 0.15) is 5.75 Å². The third-order valence-corrected chi connectivity index (χ3v) is 2.36. The van der Waals surface area contributed by atoms with Gasteiger partial charge < -0.3 is 20.5 Å². The summed E-state index contributed by atoms with van der Waals surface area (Å²) in [6.07, 6.45) is 2.73. The second-order valence-electron chi connectivity index (χ2n) is 3.80. The molecule has 0 aromatic heterocycles. The summed E-state index contributed by atoms with van der Waals surface area (Å²) in [6.45, 7) is 8.33. The van der Waals surface area contributed by atoms with Crippen LogP contribution in [0.25, 0.3) is 0 Å². The molecule has 4 heteroatoms. The molecule has 0 saturated heterocycles. The lowest BCUT2D eigenvalue weighted by molar-refractivity contribution is 0.149. The molecule has 3 N–H and O–H groups in total. The Morgan fingerprint density at radius 1 is 1.39 bits per heavy atom. The number of hydrogen-bond donors (Lipinski definition) is 2. The Labute approximate surface area is 109 Å². The summed E-state index contributed by atoms with van der Waals surface area (Å²) < 4.78 is 10.8. The van der Waals surface area contributed by atoms with Crippen LogP contribution >= 0.6 is 0 Å². The molecule has 0 fully saturated rings. The molecule has 0 atom stereocenters. The number of ether oxygens (including phenoxy) is 2. The molecule has 0 radical (unpaired) electrons. The van der Waals surface area contributed by atoms with Gasteiger partial charge in [0.25, 0.3) is 0 Å². The highest BCUT2D eigenvalue weighted by atomic mass is 16.5. The minimum absolute atomic E-state index is 0.609. The van der Waals surface area contributed by atoms with Gasteiger partial charge in [0.05, 0.1) is 25.5 Å². The molecule has 100 valence electrons. The van der Waals surface area contributed by atoms with Crippen LogP contribution in [0.3, 0.4) is 0 Å². The smallest absolute Gasteiger partial charge is 0.144 e. The van der Waals surface area contributed by atoms with Gasteiger partial charge in [-0.05, 0) is 25.5 Å². The molecule has 4 nitrogen and oxygen atoms in total. The summed E-state index contributed by atoms with van der Waals surface area (Å²) in [5, 5.41) is 3.26. The molecule has 0 aliphatic carbocycles. The van der Waals surface area contributed by atoms with Gasteiger partial charge in [-0.2, -0.15) is 0 Å². The summed E-state index contributed by atoms with van der Waals surface area (Å²) >= 11 is 0. The second-order valence-corrected chi connectivity index (χ2v) is 3.80. The first kappa shape index (κ1) is 14.4. The van der Waals surface area contributed by atoms with E-state index >= 15 is 0 Å². The topological polar surface area (TPSA) is 56.5 Å². The average molecular weight is 250 g/mol. The molecule has 1 aromatic rings. The lowest BCUT2D eigenvalue weighted by Gasteiger charge is -2.11. The predicted molar refractivity (Wildman–Crippen MR) is 76.1 cm³/mol. The molecule has 0 unspecified atom stereocenters. The van der Waals surface area contributed by atoms with Crippen molar-refractivity contribution in [2.24, 2.45) is 0 Å². The van der Waals surface area contributed by atoms with Crippen molar-refractivity contribution in [2.75, 3.05) is 37.4 Å². The van der Waals surface area contributed by atoms with E-state index in [1.54, 1.807) is 0 Å². The lowest BCUT2D eigenvalue weighted by atomic mass is 10.2. The van der Waals surface area contributed by atoms with Crippen LogP contribution in [0.1, 0.15) is 13.3 Å². The van der Waals surface area contributed by atoms with Gasteiger partial charge in [0, 0.05) is 18.3 Å². The van der Waals surface area contributed by atoms with E-state index in [9.17, 15) is 0 Å². The van der Waals surface area contributed by atoms with Gasteiger partial charge in [0.2, 0.25) is 0 Å². The lowest BCUT2D eigenvalue weighted by Crippen LogP contribution is -2.10. The molecule has 0 heterocycles. The van der Waals surface area contributed by atoms with E-state index in [0.717, 1.165) is 31.0 Å². The fourth-order valence-corrected chi connectivity index (χ4v) is 1.46. The van der Waals surface area contributed by atoms with Crippen LogP contribution in [-0.2, 0) is 4.74 Å². The van der Waals surface area contributed by atoms with E-state index in [1.165, 1.54) is 0 Å². The molecule has 1 rings (SSSR count). The van der Waals surface area contributed by atoms with Crippen molar-refractivity contribution in [3.63, 3.8) is 0 Å². The molecule has 0 aliphatic rings. The molecule has 0 saturated carbocycles. The Morgan fingerprint density at radius 2 is 2.22 bits per heavy atom. The second kappa shape index (κ2) is 8.42. The average Bonchev–Trinajstić information content (AvgIpc) is 2.37. The van der Waals surface area contributed by atoms with Gasteiger partial charge in [0.15, 0.2) is 0 Å². The highest BCUT2D eigenvalue weighted by molar-refractivity contribution is 5.61. The van der Waals surface area contributed by atoms with E-state index < -0.39 is 0 Å². The first-order valence-corrected chi connectivity index (χ1v) is 6.22. The number of benzene rings is 1. The molecular weight excluding hydrogens is 228 g/mol. The van der Waals surface area contributed by atoms with Crippen molar-refractivity contribution in [1.82, 2.24) is 0 Å². The minimum Gasteiger partial charge on any atom is -0.492 e. The third kappa shape index (κ3) is 5.10. The Morgan fingerprint density at radius 3 is 2.94 bits per heavy atom. The zero-order valence-electron chi connectivity index (χ0n) is 10.9. The molecule has 18 heavy (non-hydrogen) atoms. The Bertz CT molecular complexity index is 367. The maximum atomic E-state index is 5.80. The summed E-state index contributed by atoms with van der Waals surface area (Å²) in [4.78, 5) is 0. The fraction of sp³-hybridized carbons (Fsp3) is 0.429. The van der Waals surface area contributed by atoms with Crippen molar-refractivity contribution in [3.05, 3.63) is 30.9 Å². The highest BCUT2D eigenvalue weighted by Crippen LogP contribution is 2.25. The quantitative estimate of drug-likeness (QED) is 0.402. The predicted octanol–water partition coefficient (Wildman–Crippen LogP) is 2.67. The van der Waals surface area contributed by atoms with Crippen molar-refractivity contribution in [2.45, 2.75) is 13.3 Å². The summed E-state index contributed by atoms with van der Waals surface area (Å²) in [5.74, 6) is 0.718. The zero-order chi connectivity index (χ0) is 13.2. The largest absolute Gasteiger partial charge is 0.492 e. The number of nitrogens with one attached hydrogen (secondary N) is 1. The SMILES string of the molecule is C=CCCOCCNc1ccc(N)c(OCC)c1. The Kier molecular flexibility index (Phi) is 6.72. The minimum atomic E-state index is 0.609. The van der Waals surface area contributed by atoms with Gasteiger partial charge >= 0.3 is 0 Å². The molecule has 0 amide bonds. The van der Waals surface area contributed by atoms with Crippen LogP contribution in [0.2, 0.25) is 0 Å². The van der Waals surface area contributed by atoms with Gasteiger partial charge in [-0.15, -0.1) is 6.58 Å². The molecule has 0 aliphatic heterocycles. The highest BCUT2D eigenvalue weighted by Gasteiger charge is 2.01. The number of anilines is 2. The van der Waals surface area contributed by atoms with Crippen LogP contribution in [0.5, 0.6) is 5.75 Å². The zero-order valence-corrected chi connectivity index (χ0v) is 10.9. The molecule has 0 spiro atoms. The van der Waals surface area contributed by atoms with Gasteiger partial charge in [-0.25, -0.2) is 0 Å². The summed E-state index contributed by atoms with van der Waals surface area (Å²) in [7, 11) is 0. The summed E-state index contributed by atoms with van der Waals surface area (Å²) in [5.41, 5.74) is 7.44. The summed E-state index contributed by atoms with van der Waals surface area (Å²) in [6, 6.07) is 5.68. The first-order valence-electron chi connectivity index (χ1n) is 6.22.